The molecule has 18 heavy (non-hydrogen) atoms. The molecule has 0 radical (unpaired) electrons. The molecule has 2 aromatic heterocycles. The van der Waals surface area contributed by atoms with Crippen LogP contribution in [-0.4, -0.2) is 14.5 Å². The first kappa shape index (κ1) is 10.8. The minimum absolute atomic E-state index is 0.762. The Hall–Kier alpha value is -2.36. The van der Waals surface area contributed by atoms with Gasteiger partial charge in [0.25, 0.3) is 0 Å². The number of aromatic nitrogens is 3. The van der Waals surface area contributed by atoms with Gasteiger partial charge in [-0.1, -0.05) is 30.3 Å². The lowest BCUT2D eigenvalue weighted by Crippen LogP contribution is -1.94. The Kier molecular flexibility index (Phi) is 2.68. The molecule has 0 fully saturated rings. The molecule has 0 amide bonds. The van der Waals surface area contributed by atoms with Crippen molar-refractivity contribution in [3.63, 3.8) is 0 Å². The predicted octanol–water partition coefficient (Wildman–Crippen LogP) is 2.67. The number of rotatable bonds is 3. The SMILES string of the molecule is Cn1cncc1-c1ocnc1Cc1ccccc1. The fraction of sp³-hybridized carbons (Fsp3) is 0.143. The molecule has 0 spiro atoms. The number of nitrogens with zero attached hydrogens (tertiary/aromatic N) is 3. The maximum Gasteiger partial charge on any atom is 0.181 e. The number of aryl methyl sites for hydroxylation is 1. The van der Waals surface area contributed by atoms with E-state index < -0.39 is 0 Å². The van der Waals surface area contributed by atoms with E-state index in [-0.39, 0.29) is 0 Å². The lowest BCUT2D eigenvalue weighted by atomic mass is 10.1. The summed E-state index contributed by atoms with van der Waals surface area (Å²) in [6.07, 6.45) is 5.79. The van der Waals surface area contributed by atoms with E-state index in [1.54, 1.807) is 12.5 Å². The second-order valence-corrected chi connectivity index (χ2v) is 4.18. The highest BCUT2D eigenvalue weighted by Gasteiger charge is 2.13. The monoisotopic (exact) mass is 239 g/mol. The number of hydrogen-bond acceptors (Lipinski definition) is 3. The highest BCUT2D eigenvalue weighted by atomic mass is 16.3. The van der Waals surface area contributed by atoms with Crippen LogP contribution in [0.2, 0.25) is 0 Å². The first-order chi connectivity index (χ1) is 8.84. The second-order valence-electron chi connectivity index (χ2n) is 4.18. The molecule has 0 saturated heterocycles. The molecule has 2 heterocycles. The van der Waals surface area contributed by atoms with Gasteiger partial charge in [0.1, 0.15) is 5.69 Å². The fourth-order valence-electron chi connectivity index (χ4n) is 1.97. The zero-order valence-corrected chi connectivity index (χ0v) is 10.1. The van der Waals surface area contributed by atoms with Gasteiger partial charge in [-0.2, -0.15) is 0 Å². The molecule has 0 aliphatic rings. The minimum Gasteiger partial charge on any atom is -0.442 e. The summed E-state index contributed by atoms with van der Waals surface area (Å²) in [4.78, 5) is 8.40. The van der Waals surface area contributed by atoms with Crippen molar-refractivity contribution < 1.29 is 4.42 Å². The van der Waals surface area contributed by atoms with Gasteiger partial charge in [-0.25, -0.2) is 9.97 Å². The summed E-state index contributed by atoms with van der Waals surface area (Å²) >= 11 is 0. The van der Waals surface area contributed by atoms with Gasteiger partial charge in [0.2, 0.25) is 0 Å². The molecule has 3 aromatic rings. The molecule has 4 heteroatoms. The van der Waals surface area contributed by atoms with Gasteiger partial charge in [-0.3, -0.25) is 0 Å². The minimum atomic E-state index is 0.762. The van der Waals surface area contributed by atoms with Gasteiger partial charge in [0, 0.05) is 13.5 Å². The zero-order chi connectivity index (χ0) is 12.4. The maximum absolute atomic E-state index is 5.49. The van der Waals surface area contributed by atoms with Gasteiger partial charge in [-0.05, 0) is 5.56 Å². The van der Waals surface area contributed by atoms with Crippen LogP contribution in [-0.2, 0) is 13.5 Å². The summed E-state index contributed by atoms with van der Waals surface area (Å²) in [5, 5.41) is 0. The first-order valence-electron chi connectivity index (χ1n) is 5.77. The Labute approximate surface area is 105 Å². The van der Waals surface area contributed by atoms with Gasteiger partial charge < -0.3 is 8.98 Å². The largest absolute Gasteiger partial charge is 0.442 e. The normalized spacial score (nSPS) is 10.7. The van der Waals surface area contributed by atoms with Crippen LogP contribution in [0, 0.1) is 0 Å². The van der Waals surface area contributed by atoms with Crippen LogP contribution in [0.4, 0.5) is 0 Å². The third-order valence-corrected chi connectivity index (χ3v) is 2.90. The van der Waals surface area contributed by atoms with Crippen LogP contribution in [0.5, 0.6) is 0 Å². The summed E-state index contributed by atoms with van der Waals surface area (Å²) in [6.45, 7) is 0. The number of hydrogen-bond donors (Lipinski definition) is 0. The highest BCUT2D eigenvalue weighted by Crippen LogP contribution is 2.24. The van der Waals surface area contributed by atoms with Gasteiger partial charge in [-0.15, -0.1) is 0 Å². The second kappa shape index (κ2) is 4.49. The average Bonchev–Trinajstić information content (AvgIpc) is 2.99. The summed E-state index contributed by atoms with van der Waals surface area (Å²) in [5.74, 6) is 0.791. The van der Waals surface area contributed by atoms with Crippen molar-refractivity contribution in [3.8, 4) is 11.5 Å². The van der Waals surface area contributed by atoms with Gasteiger partial charge >= 0.3 is 0 Å². The van der Waals surface area contributed by atoms with Crippen LogP contribution in [0.3, 0.4) is 0 Å². The summed E-state index contributed by atoms with van der Waals surface area (Å²) in [7, 11) is 1.94. The molecule has 0 saturated carbocycles. The van der Waals surface area contributed by atoms with Gasteiger partial charge in [0.05, 0.1) is 18.2 Å². The van der Waals surface area contributed by atoms with Crippen molar-refractivity contribution in [2.45, 2.75) is 6.42 Å². The van der Waals surface area contributed by atoms with Crippen molar-refractivity contribution in [1.29, 1.82) is 0 Å². The summed E-state index contributed by atoms with van der Waals surface area (Å²) in [6, 6.07) is 10.2. The van der Waals surface area contributed by atoms with E-state index in [2.05, 4.69) is 22.1 Å². The highest BCUT2D eigenvalue weighted by molar-refractivity contribution is 5.55. The molecule has 0 aliphatic heterocycles. The quantitative estimate of drug-likeness (QED) is 0.705. The van der Waals surface area contributed by atoms with E-state index >= 15 is 0 Å². The van der Waals surface area contributed by atoms with E-state index in [0.717, 1.165) is 23.6 Å². The molecule has 4 nitrogen and oxygen atoms in total. The molecule has 3 rings (SSSR count). The molecule has 0 atom stereocenters. The predicted molar refractivity (Wildman–Crippen MR) is 68.0 cm³/mol. The topological polar surface area (TPSA) is 43.9 Å². The van der Waals surface area contributed by atoms with E-state index in [1.807, 2.05) is 29.8 Å². The summed E-state index contributed by atoms with van der Waals surface area (Å²) in [5.41, 5.74) is 3.10. The summed E-state index contributed by atoms with van der Waals surface area (Å²) < 4.78 is 7.42. The van der Waals surface area contributed by atoms with E-state index in [0.29, 0.717) is 0 Å². The van der Waals surface area contributed by atoms with Crippen molar-refractivity contribution in [1.82, 2.24) is 14.5 Å². The average molecular weight is 239 g/mol. The zero-order valence-electron chi connectivity index (χ0n) is 10.1. The lowest BCUT2D eigenvalue weighted by molar-refractivity contribution is 0.566. The molecule has 0 aliphatic carbocycles. The van der Waals surface area contributed by atoms with Crippen molar-refractivity contribution >= 4 is 0 Å². The Bertz CT molecular complexity index is 640. The van der Waals surface area contributed by atoms with E-state index in [1.165, 1.54) is 12.0 Å². The lowest BCUT2D eigenvalue weighted by Gasteiger charge is -2.02. The maximum atomic E-state index is 5.49. The van der Waals surface area contributed by atoms with Crippen LogP contribution in [0.25, 0.3) is 11.5 Å². The van der Waals surface area contributed by atoms with Crippen LogP contribution in [0.1, 0.15) is 11.3 Å². The van der Waals surface area contributed by atoms with Crippen LogP contribution >= 0.6 is 0 Å². The molecular weight excluding hydrogens is 226 g/mol. The van der Waals surface area contributed by atoms with Crippen molar-refractivity contribution in [3.05, 3.63) is 60.5 Å². The van der Waals surface area contributed by atoms with E-state index in [9.17, 15) is 0 Å². The van der Waals surface area contributed by atoms with Crippen molar-refractivity contribution in [2.24, 2.45) is 7.05 Å². The third kappa shape index (κ3) is 1.93. The Balaban J connectivity index is 1.96. The molecule has 90 valence electrons. The van der Waals surface area contributed by atoms with E-state index in [4.69, 9.17) is 4.42 Å². The van der Waals surface area contributed by atoms with Crippen LogP contribution < -0.4 is 0 Å². The first-order valence-corrected chi connectivity index (χ1v) is 5.77. The standard InChI is InChI=1S/C14H13N3O/c1-17-9-15-8-13(17)14-12(16-10-18-14)7-11-5-3-2-4-6-11/h2-6,8-10H,7H2,1H3. The fourth-order valence-corrected chi connectivity index (χ4v) is 1.97. The van der Waals surface area contributed by atoms with Crippen molar-refractivity contribution in [2.75, 3.05) is 0 Å². The molecule has 0 bridgehead atoms. The smallest absolute Gasteiger partial charge is 0.181 e. The molecule has 0 N–H and O–H groups in total. The molecular formula is C14H13N3O. The Morgan fingerprint density at radius 1 is 1.22 bits per heavy atom. The Morgan fingerprint density at radius 2 is 2.06 bits per heavy atom. The Morgan fingerprint density at radius 3 is 2.78 bits per heavy atom. The molecule has 0 unspecified atom stereocenters. The number of benzene rings is 1. The number of oxazole rings is 1. The molecule has 1 aromatic carbocycles. The third-order valence-electron chi connectivity index (χ3n) is 2.90. The van der Waals surface area contributed by atoms with Crippen LogP contribution in [0.15, 0.2) is 53.7 Å². The number of imidazole rings is 1. The van der Waals surface area contributed by atoms with Gasteiger partial charge in [0.15, 0.2) is 12.2 Å².